The van der Waals surface area contributed by atoms with Crippen molar-refractivity contribution >= 4 is 55.9 Å². The zero-order chi connectivity index (χ0) is 42.4. The van der Waals surface area contributed by atoms with E-state index in [1.807, 2.05) is 0 Å². The van der Waals surface area contributed by atoms with Crippen molar-refractivity contribution in [3.63, 3.8) is 0 Å². The Balaban J connectivity index is 0.970. The van der Waals surface area contributed by atoms with Gasteiger partial charge in [-0.05, 0) is 130 Å². The average Bonchev–Trinajstić information content (AvgIpc) is 3.88. The van der Waals surface area contributed by atoms with Crippen LogP contribution in [-0.2, 0) is 0 Å². The lowest BCUT2D eigenvalue weighted by Gasteiger charge is -2.26. The fourth-order valence-electron chi connectivity index (χ4n) is 10.00. The topological polar surface area (TPSA) is 11.4 Å². The molecule has 1 heterocycles. The summed E-state index contributed by atoms with van der Waals surface area (Å²) in [6, 6.07) is 92.5. The summed E-state index contributed by atoms with van der Waals surface area (Å²) < 4.78 is 2.44. The van der Waals surface area contributed by atoms with Gasteiger partial charge in [-0.2, -0.15) is 0 Å². The summed E-state index contributed by atoms with van der Waals surface area (Å²) in [4.78, 5) is 4.70. The molecule has 11 aromatic rings. The zero-order valence-corrected chi connectivity index (χ0v) is 35.2. The molecule has 1 aliphatic rings. The van der Waals surface area contributed by atoms with Crippen molar-refractivity contribution in [2.24, 2.45) is 0 Å². The van der Waals surface area contributed by atoms with E-state index in [0.717, 1.165) is 45.3 Å². The molecule has 0 saturated carbocycles. The highest BCUT2D eigenvalue weighted by Gasteiger charge is 2.31. The van der Waals surface area contributed by atoms with Crippen LogP contribution in [0.1, 0.15) is 22.6 Å². The Labute approximate surface area is 374 Å². The summed E-state index contributed by atoms with van der Waals surface area (Å²) >= 11 is 0. The number of para-hydroxylation sites is 5. The predicted octanol–water partition coefficient (Wildman–Crippen LogP) is 16.6. The SMILES string of the molecule is c1ccc(N(c2ccccc2)c2ccc3c(c2)C(c2cccc(-c4cccc(-n5c6ccccc6c6ccc(N(c7ccccc7)c7ccccc7)cc65)c4)c2)c2ccccc2-3)cc1. The third-order valence-corrected chi connectivity index (χ3v) is 12.8. The van der Waals surface area contributed by atoms with E-state index in [2.05, 4.69) is 269 Å². The normalized spacial score (nSPS) is 12.8. The maximum absolute atomic E-state index is 2.44. The number of hydrogen-bond donors (Lipinski definition) is 0. The maximum atomic E-state index is 2.44. The third-order valence-electron chi connectivity index (χ3n) is 12.8. The lowest BCUT2D eigenvalue weighted by Crippen LogP contribution is -2.10. The molecule has 64 heavy (non-hydrogen) atoms. The van der Waals surface area contributed by atoms with Crippen LogP contribution >= 0.6 is 0 Å². The molecule has 0 aliphatic heterocycles. The fraction of sp³-hybridized carbons (Fsp3) is 0.0164. The van der Waals surface area contributed by atoms with E-state index >= 15 is 0 Å². The van der Waals surface area contributed by atoms with Gasteiger partial charge < -0.3 is 14.4 Å². The zero-order valence-electron chi connectivity index (χ0n) is 35.2. The number of rotatable bonds is 9. The van der Waals surface area contributed by atoms with Crippen LogP contribution in [-0.4, -0.2) is 4.57 Å². The van der Waals surface area contributed by atoms with Crippen LogP contribution in [0.4, 0.5) is 34.1 Å². The molecule has 12 rings (SSSR count). The number of aromatic nitrogens is 1. The quantitative estimate of drug-likeness (QED) is 0.144. The molecule has 0 spiro atoms. The van der Waals surface area contributed by atoms with Gasteiger partial charge in [0.1, 0.15) is 0 Å². The summed E-state index contributed by atoms with van der Waals surface area (Å²) in [7, 11) is 0. The van der Waals surface area contributed by atoms with Gasteiger partial charge in [0.05, 0.1) is 11.0 Å². The lowest BCUT2D eigenvalue weighted by atomic mass is 9.87. The number of nitrogens with zero attached hydrogens (tertiary/aromatic N) is 3. The van der Waals surface area contributed by atoms with Gasteiger partial charge in [-0.3, -0.25) is 0 Å². The minimum atomic E-state index is 0.0793. The fourth-order valence-corrected chi connectivity index (χ4v) is 10.00. The van der Waals surface area contributed by atoms with Crippen LogP contribution in [0, 0.1) is 0 Å². The summed E-state index contributed by atoms with van der Waals surface area (Å²) in [5.74, 6) is 0.0793. The van der Waals surface area contributed by atoms with Crippen LogP contribution in [0.3, 0.4) is 0 Å². The summed E-state index contributed by atoms with van der Waals surface area (Å²) in [5.41, 5.74) is 19.1. The van der Waals surface area contributed by atoms with Gasteiger partial charge in [0.2, 0.25) is 0 Å². The van der Waals surface area contributed by atoms with E-state index in [-0.39, 0.29) is 5.92 Å². The second-order valence-electron chi connectivity index (χ2n) is 16.5. The Hall–Kier alpha value is -8.40. The van der Waals surface area contributed by atoms with Crippen molar-refractivity contribution in [3.05, 3.63) is 271 Å². The molecule has 3 nitrogen and oxygen atoms in total. The molecule has 0 bridgehead atoms. The smallest absolute Gasteiger partial charge is 0.0561 e. The van der Waals surface area contributed by atoms with E-state index in [9.17, 15) is 0 Å². The molecule has 1 aromatic heterocycles. The van der Waals surface area contributed by atoms with Gasteiger partial charge in [0, 0.05) is 56.5 Å². The first-order valence-electron chi connectivity index (χ1n) is 22.0. The van der Waals surface area contributed by atoms with Crippen LogP contribution < -0.4 is 9.80 Å². The molecule has 1 unspecified atom stereocenters. The molecule has 302 valence electrons. The van der Waals surface area contributed by atoms with E-state index < -0.39 is 0 Å². The standard InChI is InChI=1S/C61H43N3/c1-5-22-46(23-6-1)62(47-24-7-2-8-25-47)51-35-37-54-53-31-13-14-33-57(53)61(58(54)41-51)45-21-17-19-43(39-45)44-20-18-30-50(40-44)64-59-34-16-15-32-55(59)56-38-36-52(42-60(56)64)63(48-26-9-3-10-27-48)49-28-11-4-12-29-49/h1-42,61H. The Morgan fingerprint density at radius 1 is 0.297 bits per heavy atom. The van der Waals surface area contributed by atoms with Gasteiger partial charge in [0.25, 0.3) is 0 Å². The van der Waals surface area contributed by atoms with Crippen LogP contribution in [0.25, 0.3) is 49.7 Å². The van der Waals surface area contributed by atoms with Gasteiger partial charge in [-0.25, -0.2) is 0 Å². The highest BCUT2D eigenvalue weighted by Crippen LogP contribution is 2.51. The Morgan fingerprint density at radius 2 is 0.797 bits per heavy atom. The van der Waals surface area contributed by atoms with Gasteiger partial charge in [-0.15, -0.1) is 0 Å². The van der Waals surface area contributed by atoms with E-state index in [4.69, 9.17) is 0 Å². The van der Waals surface area contributed by atoms with Crippen molar-refractivity contribution < 1.29 is 0 Å². The second kappa shape index (κ2) is 15.8. The minimum Gasteiger partial charge on any atom is -0.310 e. The number of benzene rings is 10. The molecule has 0 N–H and O–H groups in total. The summed E-state index contributed by atoms with van der Waals surface area (Å²) in [6.07, 6.45) is 0. The first-order valence-corrected chi connectivity index (χ1v) is 22.0. The molecular weight excluding hydrogens is 775 g/mol. The summed E-state index contributed by atoms with van der Waals surface area (Å²) in [6.45, 7) is 0. The largest absolute Gasteiger partial charge is 0.310 e. The minimum absolute atomic E-state index is 0.0793. The molecule has 0 radical (unpaired) electrons. The van der Waals surface area contributed by atoms with E-state index in [1.165, 1.54) is 55.2 Å². The highest BCUT2D eigenvalue weighted by atomic mass is 15.1. The van der Waals surface area contributed by atoms with Crippen molar-refractivity contribution in [3.8, 4) is 27.9 Å². The highest BCUT2D eigenvalue weighted by molar-refractivity contribution is 6.10. The molecule has 1 atom stereocenters. The number of hydrogen-bond acceptors (Lipinski definition) is 2. The molecule has 0 fully saturated rings. The van der Waals surface area contributed by atoms with E-state index in [0.29, 0.717) is 0 Å². The maximum Gasteiger partial charge on any atom is 0.0561 e. The Bertz CT molecular complexity index is 3370. The predicted molar refractivity (Wildman–Crippen MR) is 268 cm³/mol. The van der Waals surface area contributed by atoms with Crippen molar-refractivity contribution in [1.29, 1.82) is 0 Å². The van der Waals surface area contributed by atoms with Crippen LogP contribution in [0.15, 0.2) is 255 Å². The Morgan fingerprint density at radius 3 is 1.45 bits per heavy atom. The van der Waals surface area contributed by atoms with E-state index in [1.54, 1.807) is 0 Å². The summed E-state index contributed by atoms with van der Waals surface area (Å²) in [5, 5.41) is 2.46. The molecular formula is C61H43N3. The monoisotopic (exact) mass is 817 g/mol. The van der Waals surface area contributed by atoms with Gasteiger partial charge in [0.15, 0.2) is 0 Å². The lowest BCUT2D eigenvalue weighted by molar-refractivity contribution is 1.01. The van der Waals surface area contributed by atoms with Crippen LogP contribution in [0.2, 0.25) is 0 Å². The Kier molecular flexibility index (Phi) is 9.23. The van der Waals surface area contributed by atoms with Crippen molar-refractivity contribution in [1.82, 2.24) is 4.57 Å². The van der Waals surface area contributed by atoms with Crippen molar-refractivity contribution in [2.75, 3.05) is 9.80 Å². The molecule has 3 heteroatoms. The molecule has 10 aromatic carbocycles. The van der Waals surface area contributed by atoms with Gasteiger partial charge >= 0.3 is 0 Å². The molecule has 1 aliphatic carbocycles. The third kappa shape index (κ3) is 6.45. The average molecular weight is 818 g/mol. The molecule has 0 amide bonds. The first-order chi connectivity index (χ1) is 31.8. The van der Waals surface area contributed by atoms with Crippen LogP contribution in [0.5, 0.6) is 0 Å². The van der Waals surface area contributed by atoms with Crippen molar-refractivity contribution in [2.45, 2.75) is 5.92 Å². The first kappa shape index (κ1) is 37.4. The number of anilines is 6. The number of fused-ring (bicyclic) bond motifs is 6. The second-order valence-corrected chi connectivity index (χ2v) is 16.5. The van der Waals surface area contributed by atoms with Gasteiger partial charge in [-0.1, -0.05) is 164 Å². The molecule has 0 saturated heterocycles.